The largest absolute Gasteiger partial charge is 0.481 e. The summed E-state index contributed by atoms with van der Waals surface area (Å²) in [5.74, 6) is 0.182. The number of carboxylic acid groups (broad SMARTS) is 1. The van der Waals surface area contributed by atoms with E-state index in [1.165, 1.54) is 0 Å². The fourth-order valence-corrected chi connectivity index (χ4v) is 2.77. The van der Waals surface area contributed by atoms with Gasteiger partial charge in [0.2, 0.25) is 0 Å². The molecule has 0 aromatic carbocycles. The Morgan fingerprint density at radius 2 is 2.32 bits per heavy atom. The van der Waals surface area contributed by atoms with Crippen molar-refractivity contribution in [3.63, 3.8) is 0 Å². The summed E-state index contributed by atoms with van der Waals surface area (Å²) in [5.41, 5.74) is 0.0105. The molecule has 1 aliphatic rings. The van der Waals surface area contributed by atoms with Crippen molar-refractivity contribution >= 4 is 5.97 Å². The highest BCUT2D eigenvalue weighted by Crippen LogP contribution is 2.26. The van der Waals surface area contributed by atoms with Gasteiger partial charge in [-0.1, -0.05) is 0 Å². The number of aliphatic carboxylic acids is 1. The lowest BCUT2D eigenvalue weighted by Gasteiger charge is -2.49. The van der Waals surface area contributed by atoms with E-state index in [2.05, 4.69) is 23.6 Å². The third-order valence-electron chi connectivity index (χ3n) is 3.88. The molecule has 106 valence electrons. The van der Waals surface area contributed by atoms with Crippen LogP contribution in [0.3, 0.4) is 0 Å². The number of carboxylic acids is 1. The first kappa shape index (κ1) is 14.1. The molecule has 0 bridgehead atoms. The topological polar surface area (TPSA) is 56.9 Å². The first-order valence-electron chi connectivity index (χ1n) is 6.58. The Morgan fingerprint density at radius 1 is 1.58 bits per heavy atom. The molecule has 2 heterocycles. The van der Waals surface area contributed by atoms with Gasteiger partial charge in [-0.05, 0) is 33.0 Å². The van der Waals surface area contributed by atoms with Gasteiger partial charge in [-0.15, -0.1) is 0 Å². The number of likely N-dealkylation sites (N-methyl/N-ethyl adjacent to an activating group) is 1. The van der Waals surface area contributed by atoms with Gasteiger partial charge in [-0.25, -0.2) is 0 Å². The van der Waals surface area contributed by atoms with E-state index in [9.17, 15) is 4.79 Å². The molecule has 0 radical (unpaired) electrons. The lowest BCUT2D eigenvalue weighted by molar-refractivity contribution is -0.139. The van der Waals surface area contributed by atoms with Crippen molar-refractivity contribution in [2.24, 2.45) is 0 Å². The number of carbonyl (C=O) groups is 1. The average molecular weight is 266 g/mol. The molecular weight excluding hydrogens is 244 g/mol. The van der Waals surface area contributed by atoms with Gasteiger partial charge >= 0.3 is 5.97 Å². The lowest BCUT2D eigenvalue weighted by atomic mass is 9.94. The summed E-state index contributed by atoms with van der Waals surface area (Å²) in [6.45, 7) is 6.69. The Morgan fingerprint density at radius 3 is 2.89 bits per heavy atom. The summed E-state index contributed by atoms with van der Waals surface area (Å²) < 4.78 is 5.40. The van der Waals surface area contributed by atoms with Crippen molar-refractivity contribution in [1.82, 2.24) is 9.80 Å². The fraction of sp³-hybridized carbons (Fsp3) is 0.643. The predicted molar refractivity (Wildman–Crippen MR) is 71.9 cm³/mol. The van der Waals surface area contributed by atoms with E-state index in [0.717, 1.165) is 25.4 Å². The summed E-state index contributed by atoms with van der Waals surface area (Å²) >= 11 is 0. The van der Waals surface area contributed by atoms with Crippen molar-refractivity contribution in [3.05, 3.63) is 24.2 Å². The third-order valence-corrected chi connectivity index (χ3v) is 3.88. The van der Waals surface area contributed by atoms with Crippen LogP contribution < -0.4 is 0 Å². The summed E-state index contributed by atoms with van der Waals surface area (Å²) in [6, 6.07) is 3.90. The second-order valence-corrected chi connectivity index (χ2v) is 5.94. The van der Waals surface area contributed by atoms with E-state index in [0.29, 0.717) is 0 Å². The molecule has 1 atom stereocenters. The highest BCUT2D eigenvalue weighted by molar-refractivity contribution is 5.67. The predicted octanol–water partition coefficient (Wildman–Crippen LogP) is 1.65. The lowest BCUT2D eigenvalue weighted by Crippen LogP contribution is -2.62. The van der Waals surface area contributed by atoms with Crippen molar-refractivity contribution in [3.8, 4) is 0 Å². The zero-order valence-corrected chi connectivity index (χ0v) is 11.8. The molecule has 0 aliphatic carbocycles. The number of hydrogen-bond donors (Lipinski definition) is 1. The van der Waals surface area contributed by atoms with Crippen LogP contribution in [0.25, 0.3) is 0 Å². The minimum atomic E-state index is -0.741. The Balaban J connectivity index is 2.08. The first-order valence-corrected chi connectivity index (χ1v) is 6.58. The second-order valence-electron chi connectivity index (χ2n) is 5.94. The van der Waals surface area contributed by atoms with Gasteiger partial charge in [0.25, 0.3) is 0 Å². The Labute approximate surface area is 113 Å². The molecule has 2 rings (SSSR count). The van der Waals surface area contributed by atoms with Crippen LogP contribution in [0.2, 0.25) is 0 Å². The number of piperazine rings is 1. The summed E-state index contributed by atoms with van der Waals surface area (Å²) in [7, 11) is 2.00. The van der Waals surface area contributed by atoms with E-state index in [1.807, 2.05) is 19.2 Å². The molecule has 19 heavy (non-hydrogen) atoms. The SMILES string of the molecule is CN1CC(C)(C)N(Cc2ccco2)CC1CC(=O)O. The van der Waals surface area contributed by atoms with Gasteiger partial charge in [0.1, 0.15) is 5.76 Å². The Kier molecular flexibility index (Phi) is 3.96. The van der Waals surface area contributed by atoms with Crippen LogP contribution in [-0.4, -0.2) is 52.6 Å². The van der Waals surface area contributed by atoms with Gasteiger partial charge < -0.3 is 9.52 Å². The van der Waals surface area contributed by atoms with Crippen LogP contribution in [0.5, 0.6) is 0 Å². The fourth-order valence-electron chi connectivity index (χ4n) is 2.77. The molecule has 1 aliphatic heterocycles. The van der Waals surface area contributed by atoms with Gasteiger partial charge in [-0.2, -0.15) is 0 Å². The van der Waals surface area contributed by atoms with E-state index >= 15 is 0 Å². The minimum absolute atomic E-state index is 0.0105. The number of rotatable bonds is 4. The molecule has 0 saturated carbocycles. The smallest absolute Gasteiger partial charge is 0.304 e. The summed E-state index contributed by atoms with van der Waals surface area (Å²) in [4.78, 5) is 15.4. The highest BCUT2D eigenvalue weighted by atomic mass is 16.4. The maximum atomic E-state index is 10.9. The maximum Gasteiger partial charge on any atom is 0.304 e. The molecule has 1 fully saturated rings. The molecule has 5 nitrogen and oxygen atoms in total. The van der Waals surface area contributed by atoms with E-state index in [1.54, 1.807) is 6.26 Å². The van der Waals surface area contributed by atoms with Crippen LogP contribution in [0.4, 0.5) is 0 Å². The first-order chi connectivity index (χ1) is 8.88. The Bertz CT molecular complexity index is 428. The molecule has 1 unspecified atom stereocenters. The monoisotopic (exact) mass is 266 g/mol. The van der Waals surface area contributed by atoms with Crippen molar-refractivity contribution in [2.75, 3.05) is 20.1 Å². The van der Waals surface area contributed by atoms with E-state index in [4.69, 9.17) is 9.52 Å². The van der Waals surface area contributed by atoms with Crippen LogP contribution in [0, 0.1) is 0 Å². The minimum Gasteiger partial charge on any atom is -0.481 e. The molecule has 1 N–H and O–H groups in total. The Hall–Kier alpha value is -1.33. The molecule has 0 spiro atoms. The van der Waals surface area contributed by atoms with Crippen LogP contribution >= 0.6 is 0 Å². The van der Waals surface area contributed by atoms with Crippen LogP contribution in [0.1, 0.15) is 26.0 Å². The van der Waals surface area contributed by atoms with Gasteiger partial charge in [0.05, 0.1) is 19.2 Å². The van der Waals surface area contributed by atoms with Crippen molar-refractivity contribution in [1.29, 1.82) is 0 Å². The quantitative estimate of drug-likeness (QED) is 0.898. The highest BCUT2D eigenvalue weighted by Gasteiger charge is 2.38. The van der Waals surface area contributed by atoms with Gasteiger partial charge in [0, 0.05) is 24.7 Å². The third kappa shape index (κ3) is 3.36. The summed E-state index contributed by atoms with van der Waals surface area (Å²) in [5, 5.41) is 8.99. The molecule has 1 aromatic heterocycles. The standard InChI is InChI=1S/C14H22N2O3/c1-14(2)10-15(3)11(7-13(17)18)8-16(14)9-12-5-4-6-19-12/h4-6,11H,7-10H2,1-3H3,(H,17,18). The zero-order valence-electron chi connectivity index (χ0n) is 11.8. The normalized spacial score (nSPS) is 24.5. The summed E-state index contributed by atoms with van der Waals surface area (Å²) in [6.07, 6.45) is 1.86. The second kappa shape index (κ2) is 5.35. The maximum absolute atomic E-state index is 10.9. The van der Waals surface area contributed by atoms with Crippen LogP contribution in [-0.2, 0) is 11.3 Å². The number of hydrogen-bond acceptors (Lipinski definition) is 4. The zero-order chi connectivity index (χ0) is 14.0. The van der Waals surface area contributed by atoms with Crippen molar-refractivity contribution in [2.45, 2.75) is 38.4 Å². The van der Waals surface area contributed by atoms with Gasteiger partial charge in [-0.3, -0.25) is 14.6 Å². The average Bonchev–Trinajstić information content (AvgIpc) is 2.76. The molecule has 1 saturated heterocycles. The molecule has 5 heteroatoms. The molecular formula is C14H22N2O3. The van der Waals surface area contributed by atoms with Crippen LogP contribution in [0.15, 0.2) is 22.8 Å². The number of nitrogens with zero attached hydrogens (tertiary/aromatic N) is 2. The van der Waals surface area contributed by atoms with Gasteiger partial charge in [0.15, 0.2) is 0 Å². The molecule has 0 amide bonds. The van der Waals surface area contributed by atoms with E-state index in [-0.39, 0.29) is 18.0 Å². The van der Waals surface area contributed by atoms with E-state index < -0.39 is 5.97 Å². The number of furan rings is 1. The van der Waals surface area contributed by atoms with Crippen molar-refractivity contribution < 1.29 is 14.3 Å². The molecule has 1 aromatic rings.